The van der Waals surface area contributed by atoms with Crippen molar-refractivity contribution in [1.82, 2.24) is 10.0 Å². The molecule has 0 aliphatic heterocycles. The smallest absolute Gasteiger partial charge is 0.255 e. The molecule has 4 rings (SSSR count). The molecule has 0 unspecified atom stereocenters. The number of sulfonamides is 1. The number of nitrogens with one attached hydrogen (secondary N) is 3. The van der Waals surface area contributed by atoms with Crippen molar-refractivity contribution in [2.24, 2.45) is 0 Å². The number of benzene rings is 2. The number of anilines is 1. The average Bonchev–Trinajstić information content (AvgIpc) is 3.59. The lowest BCUT2D eigenvalue weighted by Crippen LogP contribution is -2.25. The molecule has 9 heteroatoms. The SMILES string of the molecule is O=C(Nc1ccc(C(=O)NC2CC2)c(Cl)c1)c1ccc(S(=O)(=O)NC2CC2)cc1. The molecule has 0 bridgehead atoms. The molecule has 0 aromatic heterocycles. The van der Waals surface area contributed by atoms with Crippen LogP contribution in [-0.4, -0.2) is 32.3 Å². The first kappa shape index (κ1) is 19.9. The zero-order chi connectivity index (χ0) is 20.6. The summed E-state index contributed by atoms with van der Waals surface area (Å²) in [5, 5.41) is 5.81. The van der Waals surface area contributed by atoms with Gasteiger partial charge in [0.2, 0.25) is 10.0 Å². The van der Waals surface area contributed by atoms with Gasteiger partial charge in [0.25, 0.3) is 11.8 Å². The third-order valence-corrected chi connectivity index (χ3v) is 6.56. The zero-order valence-corrected chi connectivity index (χ0v) is 17.0. The Kier molecular flexibility index (Phi) is 5.33. The fraction of sp³-hybridized carbons (Fsp3) is 0.300. The summed E-state index contributed by atoms with van der Waals surface area (Å²) in [7, 11) is -3.56. The molecule has 0 radical (unpaired) electrons. The highest BCUT2D eigenvalue weighted by Crippen LogP contribution is 2.25. The van der Waals surface area contributed by atoms with E-state index < -0.39 is 15.9 Å². The quantitative estimate of drug-likeness (QED) is 0.624. The molecule has 3 N–H and O–H groups in total. The summed E-state index contributed by atoms with van der Waals surface area (Å²) in [6.45, 7) is 0. The van der Waals surface area contributed by atoms with Crippen LogP contribution in [0.4, 0.5) is 5.69 Å². The number of halogens is 1. The van der Waals surface area contributed by atoms with Gasteiger partial charge in [0, 0.05) is 23.3 Å². The van der Waals surface area contributed by atoms with Crippen LogP contribution in [0.25, 0.3) is 0 Å². The molecule has 0 spiro atoms. The van der Waals surface area contributed by atoms with Crippen molar-refractivity contribution in [3.8, 4) is 0 Å². The summed E-state index contributed by atoms with van der Waals surface area (Å²) >= 11 is 6.19. The van der Waals surface area contributed by atoms with Gasteiger partial charge in [-0.25, -0.2) is 13.1 Å². The molecule has 0 heterocycles. The number of hydrogen-bond acceptors (Lipinski definition) is 4. The van der Waals surface area contributed by atoms with Crippen LogP contribution in [0.15, 0.2) is 47.4 Å². The maximum Gasteiger partial charge on any atom is 0.255 e. The lowest BCUT2D eigenvalue weighted by molar-refractivity contribution is 0.0950. The summed E-state index contributed by atoms with van der Waals surface area (Å²) in [5.74, 6) is -0.637. The average molecular weight is 434 g/mol. The van der Waals surface area contributed by atoms with Gasteiger partial charge in [0.05, 0.1) is 15.5 Å². The van der Waals surface area contributed by atoms with Gasteiger partial charge in [-0.2, -0.15) is 0 Å². The topological polar surface area (TPSA) is 104 Å². The molecular formula is C20H20ClN3O4S. The minimum absolute atomic E-state index is 0.0158. The normalized spacial score (nSPS) is 16.3. The maximum absolute atomic E-state index is 12.4. The standard InChI is InChI=1S/C20H20ClN3O4S/c21-18-11-15(7-10-17(18)20(26)22-13-3-4-13)23-19(25)12-1-8-16(9-2-12)29(27,28)24-14-5-6-14/h1-2,7-11,13-14,24H,3-6H2,(H,22,26)(H,23,25). The van der Waals surface area contributed by atoms with Crippen LogP contribution in [-0.2, 0) is 10.0 Å². The van der Waals surface area contributed by atoms with Gasteiger partial charge in [-0.05, 0) is 68.1 Å². The van der Waals surface area contributed by atoms with Crippen molar-refractivity contribution in [3.05, 3.63) is 58.6 Å². The maximum atomic E-state index is 12.4. The Morgan fingerprint density at radius 2 is 1.55 bits per heavy atom. The summed E-state index contributed by atoms with van der Waals surface area (Å²) < 4.78 is 27.0. The lowest BCUT2D eigenvalue weighted by Gasteiger charge is -2.10. The Morgan fingerprint density at radius 3 is 2.14 bits per heavy atom. The Bertz CT molecular complexity index is 1060. The second-order valence-corrected chi connectivity index (χ2v) is 9.44. The van der Waals surface area contributed by atoms with Crippen LogP contribution >= 0.6 is 11.6 Å². The van der Waals surface area contributed by atoms with E-state index in [1.807, 2.05) is 0 Å². The third-order valence-electron chi connectivity index (χ3n) is 4.71. The minimum atomic E-state index is -3.56. The first-order chi connectivity index (χ1) is 13.8. The van der Waals surface area contributed by atoms with Crippen LogP contribution in [0.3, 0.4) is 0 Å². The fourth-order valence-corrected chi connectivity index (χ4v) is 4.32. The van der Waals surface area contributed by atoms with E-state index in [-0.39, 0.29) is 27.9 Å². The first-order valence-corrected chi connectivity index (χ1v) is 11.2. The van der Waals surface area contributed by atoms with E-state index in [1.54, 1.807) is 12.1 Å². The van der Waals surface area contributed by atoms with Gasteiger partial charge in [-0.1, -0.05) is 11.6 Å². The van der Waals surface area contributed by atoms with Crippen molar-refractivity contribution >= 4 is 39.1 Å². The number of rotatable bonds is 7. The summed E-state index contributed by atoms with van der Waals surface area (Å²) in [5.41, 5.74) is 1.10. The van der Waals surface area contributed by atoms with Crippen LogP contribution < -0.4 is 15.4 Å². The highest BCUT2D eigenvalue weighted by atomic mass is 35.5. The molecule has 2 amide bonds. The fourth-order valence-electron chi connectivity index (χ4n) is 2.75. The molecule has 2 aliphatic rings. The number of hydrogen-bond donors (Lipinski definition) is 3. The molecule has 2 fully saturated rings. The molecule has 29 heavy (non-hydrogen) atoms. The van der Waals surface area contributed by atoms with Crippen LogP contribution in [0, 0.1) is 0 Å². The predicted octanol–water partition coefficient (Wildman–Crippen LogP) is 2.93. The van der Waals surface area contributed by atoms with E-state index in [4.69, 9.17) is 11.6 Å². The van der Waals surface area contributed by atoms with Gasteiger partial charge >= 0.3 is 0 Å². The van der Waals surface area contributed by atoms with Gasteiger partial charge in [-0.15, -0.1) is 0 Å². The van der Waals surface area contributed by atoms with E-state index in [0.717, 1.165) is 25.7 Å². The number of amides is 2. The molecular weight excluding hydrogens is 414 g/mol. The Morgan fingerprint density at radius 1 is 0.897 bits per heavy atom. The molecule has 2 aliphatic carbocycles. The molecule has 0 saturated heterocycles. The number of carbonyl (C=O) groups is 2. The van der Waals surface area contributed by atoms with E-state index >= 15 is 0 Å². The van der Waals surface area contributed by atoms with Gasteiger partial charge in [0.15, 0.2) is 0 Å². The molecule has 7 nitrogen and oxygen atoms in total. The van der Waals surface area contributed by atoms with Crippen molar-refractivity contribution in [2.45, 2.75) is 42.7 Å². The Labute approximate surface area is 173 Å². The second kappa shape index (κ2) is 7.78. The Balaban J connectivity index is 1.42. The van der Waals surface area contributed by atoms with E-state index in [2.05, 4.69) is 15.4 Å². The minimum Gasteiger partial charge on any atom is -0.349 e. The summed E-state index contributed by atoms with van der Waals surface area (Å²) in [6, 6.07) is 10.6. The van der Waals surface area contributed by atoms with Crippen molar-refractivity contribution in [1.29, 1.82) is 0 Å². The van der Waals surface area contributed by atoms with Crippen LogP contribution in [0.5, 0.6) is 0 Å². The summed E-state index contributed by atoms with van der Waals surface area (Å²) in [6.07, 6.45) is 3.66. The van der Waals surface area contributed by atoms with Crippen LogP contribution in [0.2, 0.25) is 5.02 Å². The molecule has 2 aromatic rings. The second-order valence-electron chi connectivity index (χ2n) is 7.32. The summed E-state index contributed by atoms with van der Waals surface area (Å²) in [4.78, 5) is 24.7. The molecule has 2 aromatic carbocycles. The molecule has 152 valence electrons. The zero-order valence-electron chi connectivity index (χ0n) is 15.4. The van der Waals surface area contributed by atoms with Crippen molar-refractivity contribution in [2.75, 3.05) is 5.32 Å². The first-order valence-electron chi connectivity index (χ1n) is 9.36. The molecule has 0 atom stereocenters. The predicted molar refractivity (Wildman–Crippen MR) is 110 cm³/mol. The monoisotopic (exact) mass is 433 g/mol. The van der Waals surface area contributed by atoms with Crippen LogP contribution in [0.1, 0.15) is 46.4 Å². The van der Waals surface area contributed by atoms with E-state index in [0.29, 0.717) is 16.8 Å². The van der Waals surface area contributed by atoms with E-state index in [1.165, 1.54) is 30.3 Å². The van der Waals surface area contributed by atoms with Gasteiger partial charge in [0.1, 0.15) is 0 Å². The third kappa shape index (κ3) is 4.95. The lowest BCUT2D eigenvalue weighted by atomic mass is 10.1. The van der Waals surface area contributed by atoms with E-state index in [9.17, 15) is 18.0 Å². The molecule has 2 saturated carbocycles. The van der Waals surface area contributed by atoms with Crippen molar-refractivity contribution < 1.29 is 18.0 Å². The highest BCUT2D eigenvalue weighted by Gasteiger charge is 2.28. The van der Waals surface area contributed by atoms with Gasteiger partial charge < -0.3 is 10.6 Å². The largest absolute Gasteiger partial charge is 0.349 e. The highest BCUT2D eigenvalue weighted by molar-refractivity contribution is 7.89. The van der Waals surface area contributed by atoms with Gasteiger partial charge in [-0.3, -0.25) is 9.59 Å². The Hall–Kier alpha value is -2.42. The van der Waals surface area contributed by atoms with Crippen molar-refractivity contribution in [3.63, 3.8) is 0 Å². The number of carbonyl (C=O) groups excluding carboxylic acids is 2.